The van der Waals surface area contributed by atoms with E-state index in [2.05, 4.69) is 182 Å². The minimum Gasteiger partial charge on any atom is -0.256 e. The van der Waals surface area contributed by atoms with Crippen molar-refractivity contribution >= 4 is 54.3 Å². The van der Waals surface area contributed by atoms with Crippen molar-refractivity contribution in [1.29, 1.82) is 0 Å². The van der Waals surface area contributed by atoms with Crippen LogP contribution in [0.5, 0.6) is 0 Å². The van der Waals surface area contributed by atoms with Crippen LogP contribution in [-0.2, 0) is 0 Å². The van der Waals surface area contributed by atoms with Crippen LogP contribution in [0.25, 0.3) is 121 Å². The average Bonchev–Trinajstić information content (AvgIpc) is 3.35. The van der Waals surface area contributed by atoms with E-state index in [1.807, 2.05) is 36.7 Å². The second-order valence-corrected chi connectivity index (χ2v) is 15.9. The fourth-order valence-electron chi connectivity index (χ4n) is 8.97. The van der Waals surface area contributed by atoms with Gasteiger partial charge in [-0.2, -0.15) is 0 Å². The summed E-state index contributed by atoms with van der Waals surface area (Å²) in [6.45, 7) is 0. The van der Waals surface area contributed by atoms with Gasteiger partial charge in [-0.3, -0.25) is 9.97 Å². The van der Waals surface area contributed by atoms with Crippen LogP contribution < -0.4 is 0 Å². The van der Waals surface area contributed by atoms with Crippen molar-refractivity contribution in [3.05, 3.63) is 219 Å². The lowest BCUT2D eigenvalue weighted by Gasteiger charge is -2.17. The van der Waals surface area contributed by atoms with Crippen molar-refractivity contribution in [2.45, 2.75) is 0 Å². The summed E-state index contributed by atoms with van der Waals surface area (Å²) >= 11 is 0. The van der Waals surface area contributed by atoms with Gasteiger partial charge in [0.25, 0.3) is 0 Å². The van der Waals surface area contributed by atoms with E-state index < -0.39 is 0 Å². The van der Waals surface area contributed by atoms with E-state index in [-0.39, 0.29) is 0 Å². The lowest BCUT2D eigenvalue weighted by molar-refractivity contribution is 1.23. The Morgan fingerprint density at radius 3 is 1.37 bits per heavy atom. The highest BCUT2D eigenvalue weighted by atomic mass is 14.9. The maximum Gasteiger partial charge on any atom is 0.160 e. The molecule has 9 aromatic carbocycles. The van der Waals surface area contributed by atoms with Gasteiger partial charge in [0.15, 0.2) is 5.82 Å². The molecule has 0 atom stereocenters. The Morgan fingerprint density at radius 2 is 0.758 bits per heavy atom. The molecular formula is C58H36N4. The van der Waals surface area contributed by atoms with Gasteiger partial charge in [-0.1, -0.05) is 170 Å². The van der Waals surface area contributed by atoms with Crippen LogP contribution in [0.4, 0.5) is 0 Å². The first-order valence-corrected chi connectivity index (χ1v) is 20.9. The molecule has 62 heavy (non-hydrogen) atoms. The second kappa shape index (κ2) is 14.7. The van der Waals surface area contributed by atoms with Crippen LogP contribution in [0.2, 0.25) is 0 Å². The SMILES string of the molecule is c1ccc2ncc(-c3ccc(-c4nc(-c5ccc(-c6cnc7ccccc7c6)cc5)c5cc(-c6cccc7ccccc67)cc(-c6cccc7ccccc67)c5n4)cc3)cc2c1. The maximum absolute atomic E-state index is 5.52. The number of para-hydroxylation sites is 2. The van der Waals surface area contributed by atoms with Crippen molar-refractivity contribution in [2.75, 3.05) is 0 Å². The second-order valence-electron chi connectivity index (χ2n) is 15.9. The Morgan fingerprint density at radius 1 is 0.274 bits per heavy atom. The van der Waals surface area contributed by atoms with Crippen LogP contribution in [0.3, 0.4) is 0 Å². The third-order valence-corrected chi connectivity index (χ3v) is 12.1. The summed E-state index contributed by atoms with van der Waals surface area (Å²) < 4.78 is 0. The third kappa shape index (κ3) is 6.25. The first-order chi connectivity index (χ1) is 30.7. The quantitative estimate of drug-likeness (QED) is 0.168. The van der Waals surface area contributed by atoms with E-state index in [1.165, 1.54) is 27.1 Å². The van der Waals surface area contributed by atoms with Gasteiger partial charge >= 0.3 is 0 Å². The maximum atomic E-state index is 5.52. The smallest absolute Gasteiger partial charge is 0.160 e. The minimum atomic E-state index is 0.665. The number of benzene rings is 9. The van der Waals surface area contributed by atoms with Gasteiger partial charge in [0.1, 0.15) is 0 Å². The van der Waals surface area contributed by atoms with Crippen molar-refractivity contribution < 1.29 is 0 Å². The molecule has 0 saturated carbocycles. The average molecular weight is 789 g/mol. The number of rotatable bonds is 6. The van der Waals surface area contributed by atoms with E-state index in [0.717, 1.165) is 88.5 Å². The third-order valence-electron chi connectivity index (χ3n) is 12.1. The Labute approximate surface area is 358 Å². The predicted octanol–water partition coefficient (Wildman–Crippen LogP) is 15.0. The van der Waals surface area contributed by atoms with Gasteiger partial charge in [0.05, 0.1) is 22.2 Å². The summed E-state index contributed by atoms with van der Waals surface area (Å²) in [7, 11) is 0. The zero-order valence-electron chi connectivity index (χ0n) is 33.6. The Kier molecular flexibility index (Phi) is 8.46. The Hall–Kier alpha value is -8.34. The highest BCUT2D eigenvalue weighted by Crippen LogP contribution is 2.42. The van der Waals surface area contributed by atoms with Crippen LogP contribution in [0.15, 0.2) is 219 Å². The van der Waals surface area contributed by atoms with Gasteiger partial charge < -0.3 is 0 Å². The monoisotopic (exact) mass is 788 g/mol. The summed E-state index contributed by atoms with van der Waals surface area (Å²) in [4.78, 5) is 20.5. The molecule has 0 fully saturated rings. The molecule has 3 heterocycles. The molecule has 0 amide bonds. The molecule has 12 rings (SSSR count). The lowest BCUT2D eigenvalue weighted by atomic mass is 9.90. The summed E-state index contributed by atoms with van der Waals surface area (Å²) in [5.74, 6) is 0.665. The van der Waals surface area contributed by atoms with Gasteiger partial charge in [-0.05, 0) is 85.8 Å². The Balaban J connectivity index is 1.09. The summed E-state index contributed by atoms with van der Waals surface area (Å²) in [6.07, 6.45) is 3.91. The molecule has 0 aliphatic rings. The zero-order valence-corrected chi connectivity index (χ0v) is 33.6. The Bertz CT molecular complexity index is 3680. The number of nitrogens with zero attached hydrogens (tertiary/aromatic N) is 4. The first-order valence-electron chi connectivity index (χ1n) is 20.9. The minimum absolute atomic E-state index is 0.665. The molecule has 0 spiro atoms. The standard InChI is InChI=1S/C58H36N4/c1-5-17-48-39(11-1)15-9-19-50(48)45-33-52(51-20-10-16-40-12-2-6-18-49(40)51)57-53(34-45)56(41-27-23-37(24-28-41)46-31-43-13-3-7-21-54(43)59-35-46)61-58(62-57)42-29-25-38(26-30-42)47-32-44-14-4-8-22-55(44)60-36-47/h1-36H. The molecule has 0 aliphatic carbocycles. The highest BCUT2D eigenvalue weighted by molar-refractivity contribution is 6.10. The molecule has 3 aromatic heterocycles. The fraction of sp³-hybridized carbons (Fsp3) is 0. The predicted molar refractivity (Wildman–Crippen MR) is 258 cm³/mol. The topological polar surface area (TPSA) is 51.6 Å². The van der Waals surface area contributed by atoms with Gasteiger partial charge in [0.2, 0.25) is 0 Å². The van der Waals surface area contributed by atoms with Crippen molar-refractivity contribution in [3.8, 4) is 67.2 Å². The molecule has 0 bridgehead atoms. The van der Waals surface area contributed by atoms with Gasteiger partial charge in [0, 0.05) is 56.4 Å². The molecule has 0 saturated heterocycles. The molecule has 12 aromatic rings. The molecule has 0 aliphatic heterocycles. The largest absolute Gasteiger partial charge is 0.256 e. The van der Waals surface area contributed by atoms with E-state index in [1.54, 1.807) is 0 Å². The molecular weight excluding hydrogens is 753 g/mol. The molecule has 0 unspecified atom stereocenters. The zero-order chi connectivity index (χ0) is 41.0. The van der Waals surface area contributed by atoms with E-state index >= 15 is 0 Å². The molecule has 4 heteroatoms. The molecule has 0 N–H and O–H groups in total. The van der Waals surface area contributed by atoms with Gasteiger partial charge in [-0.15, -0.1) is 0 Å². The first kappa shape index (κ1) is 35.6. The number of pyridine rings is 2. The summed E-state index contributed by atoms with van der Waals surface area (Å²) in [5, 5.41) is 7.97. The number of aromatic nitrogens is 4. The van der Waals surface area contributed by atoms with E-state index in [0.29, 0.717) is 5.82 Å². The highest BCUT2D eigenvalue weighted by Gasteiger charge is 2.20. The number of hydrogen-bond donors (Lipinski definition) is 0. The van der Waals surface area contributed by atoms with Crippen LogP contribution in [-0.4, -0.2) is 19.9 Å². The van der Waals surface area contributed by atoms with Crippen LogP contribution in [0, 0.1) is 0 Å². The van der Waals surface area contributed by atoms with E-state index in [4.69, 9.17) is 19.9 Å². The number of hydrogen-bond acceptors (Lipinski definition) is 4. The van der Waals surface area contributed by atoms with Crippen molar-refractivity contribution in [2.24, 2.45) is 0 Å². The van der Waals surface area contributed by atoms with Crippen LogP contribution in [0.1, 0.15) is 0 Å². The van der Waals surface area contributed by atoms with Crippen LogP contribution >= 0.6 is 0 Å². The molecule has 0 radical (unpaired) electrons. The molecule has 4 nitrogen and oxygen atoms in total. The molecule has 288 valence electrons. The fourth-order valence-corrected chi connectivity index (χ4v) is 8.97. The van der Waals surface area contributed by atoms with E-state index in [9.17, 15) is 0 Å². The van der Waals surface area contributed by atoms with Crippen molar-refractivity contribution in [1.82, 2.24) is 19.9 Å². The normalized spacial score (nSPS) is 11.5. The summed E-state index contributed by atoms with van der Waals surface area (Å²) in [5.41, 5.74) is 14.5. The summed E-state index contributed by atoms with van der Waals surface area (Å²) in [6, 6.07) is 73.2. The number of fused-ring (bicyclic) bond motifs is 5. The lowest BCUT2D eigenvalue weighted by Crippen LogP contribution is -1.98. The van der Waals surface area contributed by atoms with Crippen molar-refractivity contribution in [3.63, 3.8) is 0 Å². The van der Waals surface area contributed by atoms with Gasteiger partial charge in [-0.25, -0.2) is 9.97 Å².